The molecule has 2 spiro atoms. The number of alkyl halides is 3. The lowest BCUT2D eigenvalue weighted by molar-refractivity contribution is -0.598. The van der Waals surface area contributed by atoms with Crippen LogP contribution in [-0.4, -0.2) is 78.8 Å². The second kappa shape index (κ2) is 12.2. The maximum atomic E-state index is 15.1. The Morgan fingerprint density at radius 1 is 0.686 bits per heavy atom. The van der Waals surface area contributed by atoms with Crippen LogP contribution >= 0.6 is 0 Å². The van der Waals surface area contributed by atoms with Crippen LogP contribution in [0.3, 0.4) is 0 Å². The van der Waals surface area contributed by atoms with Crippen molar-refractivity contribution in [2.24, 2.45) is 47.3 Å². The second-order valence-electron chi connectivity index (χ2n) is 17.3. The molecular formula is C36H54F3NO11. The molecule has 10 fully saturated rings. The quantitative estimate of drug-likeness (QED) is 0.250. The van der Waals surface area contributed by atoms with Gasteiger partial charge in [-0.15, -0.1) is 0 Å². The molecule has 0 radical (unpaired) electrons. The third kappa shape index (κ3) is 5.33. The molecule has 1 amide bonds. The first-order valence-corrected chi connectivity index (χ1v) is 19.0. The third-order valence-electron chi connectivity index (χ3n) is 14.4. The number of rotatable bonds is 7. The molecule has 12 nitrogen and oxygen atoms in total. The van der Waals surface area contributed by atoms with Gasteiger partial charge in [0.1, 0.15) is 6.61 Å². The highest BCUT2D eigenvalue weighted by Crippen LogP contribution is 2.65. The molecule has 10 rings (SSSR count). The van der Waals surface area contributed by atoms with Crippen LogP contribution in [0, 0.1) is 47.3 Å². The van der Waals surface area contributed by atoms with Gasteiger partial charge >= 0.3 is 6.18 Å². The summed E-state index contributed by atoms with van der Waals surface area (Å²) < 4.78 is 82.4. The second-order valence-corrected chi connectivity index (χ2v) is 17.3. The Hall–Kier alpha value is -1.14. The fraction of sp³-hybridized carbons (Fsp3) is 0.972. The minimum atomic E-state index is -4.90. The first kappa shape index (κ1) is 36.8. The van der Waals surface area contributed by atoms with Gasteiger partial charge in [0.2, 0.25) is 17.5 Å². The maximum Gasteiger partial charge on any atom is 0.443 e. The highest BCUT2D eigenvalue weighted by atomic mass is 19.4. The highest BCUT2D eigenvalue weighted by Gasteiger charge is 2.77. The van der Waals surface area contributed by atoms with Gasteiger partial charge in [-0.1, -0.05) is 27.7 Å². The van der Waals surface area contributed by atoms with Crippen molar-refractivity contribution >= 4 is 5.91 Å². The van der Waals surface area contributed by atoms with Crippen molar-refractivity contribution in [2.75, 3.05) is 19.8 Å². The molecule has 8 heterocycles. The molecule has 0 aromatic rings. The number of nitrogens with one attached hydrogen (secondary N) is 1. The van der Waals surface area contributed by atoms with Crippen molar-refractivity contribution in [3.05, 3.63) is 0 Å². The lowest BCUT2D eigenvalue weighted by Crippen LogP contribution is -2.76. The summed E-state index contributed by atoms with van der Waals surface area (Å²) in [4.78, 5) is 36.9. The summed E-state index contributed by atoms with van der Waals surface area (Å²) >= 11 is 0. The number of hydrogen-bond donors (Lipinski definition) is 1. The smallest absolute Gasteiger partial charge is 0.352 e. The van der Waals surface area contributed by atoms with Gasteiger partial charge < -0.3 is 33.7 Å². The molecule has 290 valence electrons. The predicted molar refractivity (Wildman–Crippen MR) is 168 cm³/mol. The van der Waals surface area contributed by atoms with Crippen molar-refractivity contribution in [3.8, 4) is 0 Å². The number of carbonyl (C=O) groups is 1. The topological polar surface area (TPSA) is 121 Å². The maximum absolute atomic E-state index is 15.1. The van der Waals surface area contributed by atoms with Crippen LogP contribution in [0.5, 0.6) is 0 Å². The van der Waals surface area contributed by atoms with Gasteiger partial charge in [0.25, 0.3) is 5.79 Å². The van der Waals surface area contributed by atoms with Gasteiger partial charge in [-0.3, -0.25) is 4.79 Å². The van der Waals surface area contributed by atoms with E-state index in [-0.39, 0.29) is 42.7 Å². The van der Waals surface area contributed by atoms with E-state index in [4.69, 9.17) is 48.0 Å². The van der Waals surface area contributed by atoms with E-state index in [1.807, 2.05) is 13.8 Å². The molecule has 4 bridgehead atoms. The standard InChI is InChI=1S/C36H54F3NO11/c1-19-8-10-25-21(3)32(7,46-28-33(25)23(19)12-14-30(5,44-28)48-50-33)43-18-27(41)40-16-17-42-35(36(37,38)39)22(4)26-11-9-20(2)24-13-15-31(6)45-29(47-35)34(24,26)51-49-31/h19-26,28-29H,8-18H2,1-7H3,(H,40,41)/t19-,20-,21-,22-,23+,24+,25+,26+,28+,29+,30+,31-,32+,33-,34-,35-/m1/s1. The summed E-state index contributed by atoms with van der Waals surface area (Å²) in [6.45, 7) is 12.1. The zero-order chi connectivity index (χ0) is 36.4. The van der Waals surface area contributed by atoms with Gasteiger partial charge in [0.15, 0.2) is 29.6 Å². The Labute approximate surface area is 297 Å². The van der Waals surface area contributed by atoms with Crippen molar-refractivity contribution in [3.63, 3.8) is 0 Å². The van der Waals surface area contributed by atoms with Gasteiger partial charge in [-0.2, -0.15) is 13.2 Å². The molecule has 2 aliphatic carbocycles. The minimum Gasteiger partial charge on any atom is -0.352 e. The number of carbonyl (C=O) groups excluding carboxylic acids is 1. The Balaban J connectivity index is 0.922. The average Bonchev–Trinajstić information content (AvgIpc) is 3.44. The summed E-state index contributed by atoms with van der Waals surface area (Å²) in [7, 11) is 0. The zero-order valence-electron chi connectivity index (χ0n) is 30.7. The lowest BCUT2D eigenvalue weighted by atomic mass is 9.57. The van der Waals surface area contributed by atoms with Gasteiger partial charge in [-0.25, -0.2) is 19.6 Å². The number of halogens is 3. The van der Waals surface area contributed by atoms with E-state index in [2.05, 4.69) is 19.2 Å². The van der Waals surface area contributed by atoms with Crippen molar-refractivity contribution in [1.29, 1.82) is 0 Å². The molecule has 1 N–H and O–H groups in total. The first-order valence-electron chi connectivity index (χ1n) is 19.0. The van der Waals surface area contributed by atoms with E-state index >= 15 is 13.2 Å². The van der Waals surface area contributed by atoms with Crippen molar-refractivity contribution in [2.45, 2.75) is 153 Å². The number of amides is 1. The third-order valence-corrected chi connectivity index (χ3v) is 14.4. The number of fused-ring (bicyclic) bond motifs is 4. The van der Waals surface area contributed by atoms with Gasteiger partial charge in [0.05, 0.1) is 6.61 Å². The van der Waals surface area contributed by atoms with Gasteiger partial charge in [-0.05, 0) is 83.0 Å². The molecule has 16 atom stereocenters. The molecule has 8 saturated heterocycles. The van der Waals surface area contributed by atoms with Crippen LogP contribution in [0.25, 0.3) is 0 Å². The summed E-state index contributed by atoms with van der Waals surface area (Å²) in [6, 6.07) is 0. The van der Waals surface area contributed by atoms with E-state index < -0.39 is 77.5 Å². The van der Waals surface area contributed by atoms with Crippen molar-refractivity contribution < 1.29 is 65.9 Å². The Morgan fingerprint density at radius 2 is 1.22 bits per heavy atom. The van der Waals surface area contributed by atoms with E-state index in [0.29, 0.717) is 31.6 Å². The van der Waals surface area contributed by atoms with Crippen LogP contribution in [0.1, 0.15) is 99.8 Å². The van der Waals surface area contributed by atoms with E-state index in [9.17, 15) is 4.79 Å². The lowest BCUT2D eigenvalue weighted by Gasteiger charge is -2.62. The van der Waals surface area contributed by atoms with Crippen LogP contribution < -0.4 is 5.32 Å². The summed E-state index contributed by atoms with van der Waals surface area (Å²) in [5.41, 5.74) is -1.96. The van der Waals surface area contributed by atoms with Crippen LogP contribution in [0.15, 0.2) is 0 Å². The fourth-order valence-corrected chi connectivity index (χ4v) is 11.4. The Kier molecular flexibility index (Phi) is 8.79. The molecule has 51 heavy (non-hydrogen) atoms. The van der Waals surface area contributed by atoms with Gasteiger partial charge in [0, 0.05) is 43.1 Å². The molecule has 10 aliphatic rings. The Morgan fingerprint density at radius 3 is 1.76 bits per heavy atom. The van der Waals surface area contributed by atoms with Crippen LogP contribution in [-0.2, 0) is 52.8 Å². The molecule has 0 unspecified atom stereocenters. The monoisotopic (exact) mass is 733 g/mol. The average molecular weight is 734 g/mol. The molecule has 15 heteroatoms. The predicted octanol–water partition coefficient (Wildman–Crippen LogP) is 5.87. The zero-order valence-corrected chi connectivity index (χ0v) is 30.7. The minimum absolute atomic E-state index is 0.00778. The summed E-state index contributed by atoms with van der Waals surface area (Å²) in [5.74, 6) is -8.16. The SMILES string of the molecule is C[C@@H]1CC[C@H]2[C@@H](C)[C@@](C)(OCC(=O)NCCO[C@@]3(C(F)(F)F)O[C@@H]4O[C@@]5(C)CC[C@H]6[C@H](C)CC[C@@H]([C@H]3C)[C@@]46OO5)O[C@@H]3O[C@]4(C)CC[C@@H]1[C@]32OO4. The number of hydrogen-bond acceptors (Lipinski definition) is 11. The van der Waals surface area contributed by atoms with E-state index in [1.165, 1.54) is 6.92 Å². The molecule has 8 aliphatic heterocycles. The summed E-state index contributed by atoms with van der Waals surface area (Å²) in [5, 5.41) is 2.65. The molecule has 2 saturated carbocycles. The fourth-order valence-electron chi connectivity index (χ4n) is 11.4. The molecule has 0 aromatic carbocycles. The normalized spacial score (nSPS) is 54.5. The largest absolute Gasteiger partial charge is 0.443 e. The summed E-state index contributed by atoms with van der Waals surface area (Å²) in [6.07, 6.45) is -1.19. The van der Waals surface area contributed by atoms with Crippen molar-refractivity contribution in [1.82, 2.24) is 5.32 Å². The number of ether oxygens (including phenoxy) is 6. The van der Waals surface area contributed by atoms with Crippen LogP contribution in [0.2, 0.25) is 0 Å². The van der Waals surface area contributed by atoms with E-state index in [1.54, 1.807) is 13.8 Å². The Bertz CT molecular complexity index is 1380. The molecule has 0 aromatic heterocycles. The first-order chi connectivity index (χ1) is 23.9. The van der Waals surface area contributed by atoms with Crippen LogP contribution in [0.4, 0.5) is 13.2 Å². The highest BCUT2D eigenvalue weighted by molar-refractivity contribution is 5.77. The van der Waals surface area contributed by atoms with E-state index in [0.717, 1.165) is 25.7 Å². The molecular weight excluding hydrogens is 679 g/mol.